The van der Waals surface area contributed by atoms with Crippen LogP contribution in [0.3, 0.4) is 0 Å². The van der Waals surface area contributed by atoms with Crippen molar-refractivity contribution < 1.29 is 8.42 Å². The third-order valence-electron chi connectivity index (χ3n) is 3.58. The van der Waals surface area contributed by atoms with Gasteiger partial charge in [-0.15, -0.1) is 0 Å². The van der Waals surface area contributed by atoms with Gasteiger partial charge in [0.25, 0.3) is 0 Å². The molecule has 0 radical (unpaired) electrons. The molecule has 0 fully saturated rings. The van der Waals surface area contributed by atoms with E-state index in [1.165, 1.54) is 90.1 Å². The molecule has 0 saturated heterocycles. The molecule has 0 aliphatic rings. The molecule has 6 heteroatoms. The van der Waals surface area contributed by atoms with Crippen LogP contribution in [0.2, 0.25) is 0 Å². The van der Waals surface area contributed by atoms with Gasteiger partial charge in [-0.2, -0.15) is 4.13 Å². The Bertz CT molecular complexity index is 296. The minimum Gasteiger partial charge on any atom is -0.317 e. The highest BCUT2D eigenvalue weighted by atomic mass is 32.3. The first-order chi connectivity index (χ1) is 11.0. The normalized spacial score (nSPS) is 11.1. The fraction of sp³-hybridized carbons (Fsp3) is 1.00. The number of hydrogen-bond donors (Lipinski definition) is 3. The first-order valence-corrected chi connectivity index (χ1v) is 11.6. The predicted octanol–water partition coefficient (Wildman–Crippen LogP) is 4.68. The molecule has 23 heavy (non-hydrogen) atoms. The topological polar surface area (TPSA) is 58.2 Å². The van der Waals surface area contributed by atoms with Crippen LogP contribution in [-0.2, 0) is 10.0 Å². The molecule has 0 aromatic rings. The Morgan fingerprint density at radius 2 is 1.00 bits per heavy atom. The Morgan fingerprint density at radius 1 is 0.696 bits per heavy atom. The number of thiol groups is 1. The van der Waals surface area contributed by atoms with Crippen molar-refractivity contribution in [2.75, 3.05) is 19.3 Å². The summed E-state index contributed by atoms with van der Waals surface area (Å²) in [6, 6.07) is 0. The van der Waals surface area contributed by atoms with Gasteiger partial charge in [0.05, 0.1) is 6.26 Å². The fourth-order valence-electron chi connectivity index (χ4n) is 2.19. The smallest absolute Gasteiger partial charge is 0.217 e. The van der Waals surface area contributed by atoms with Gasteiger partial charge < -0.3 is 5.32 Å². The first kappa shape index (κ1) is 25.5. The highest BCUT2D eigenvalue weighted by Crippen LogP contribution is 2.05. The molecule has 0 aromatic heterocycles. The summed E-state index contributed by atoms with van der Waals surface area (Å²) in [5.41, 5.74) is 0. The number of nitrogens with one attached hydrogen (secondary N) is 2. The van der Waals surface area contributed by atoms with Crippen molar-refractivity contribution in [1.29, 1.82) is 0 Å². The largest absolute Gasteiger partial charge is 0.317 e. The van der Waals surface area contributed by atoms with Gasteiger partial charge >= 0.3 is 0 Å². The summed E-state index contributed by atoms with van der Waals surface area (Å²) in [7, 11) is -3.05. The van der Waals surface area contributed by atoms with E-state index in [1.54, 1.807) is 4.13 Å². The van der Waals surface area contributed by atoms with Crippen LogP contribution in [-0.4, -0.2) is 27.8 Å². The second-order valence-electron chi connectivity index (χ2n) is 6.15. The molecule has 0 bridgehead atoms. The monoisotopic (exact) mass is 368 g/mol. The van der Waals surface area contributed by atoms with Gasteiger partial charge in [-0.3, -0.25) is 0 Å². The van der Waals surface area contributed by atoms with Crippen LogP contribution in [0.5, 0.6) is 0 Å². The lowest BCUT2D eigenvalue weighted by molar-refractivity contribution is 0.543. The molecule has 0 amide bonds. The number of rotatable bonds is 15. The maximum atomic E-state index is 9.81. The molecule has 0 spiro atoms. The number of hydrogen-bond acceptors (Lipinski definition) is 4. The summed E-state index contributed by atoms with van der Waals surface area (Å²) in [5.74, 6) is 0. The van der Waals surface area contributed by atoms with E-state index in [1.807, 2.05) is 0 Å². The van der Waals surface area contributed by atoms with Crippen molar-refractivity contribution in [3.8, 4) is 0 Å². The Balaban J connectivity index is 0. The second-order valence-corrected chi connectivity index (χ2v) is 8.42. The van der Waals surface area contributed by atoms with Crippen LogP contribution in [0.15, 0.2) is 0 Å². The zero-order chi connectivity index (χ0) is 17.8. The predicted molar refractivity (Wildman–Crippen MR) is 107 cm³/mol. The van der Waals surface area contributed by atoms with Crippen molar-refractivity contribution in [3.05, 3.63) is 0 Å². The molecular formula is C17H40N2O2S2. The third-order valence-corrected chi connectivity index (χ3v) is 4.91. The summed E-state index contributed by atoms with van der Waals surface area (Å²) in [6.07, 6.45) is 17.9. The molecule has 0 rings (SSSR count). The highest BCUT2D eigenvalue weighted by molar-refractivity contribution is 8.00. The molecule has 0 aliphatic heterocycles. The molecule has 0 saturated carbocycles. The number of sulfonamides is 1. The fourth-order valence-corrected chi connectivity index (χ4v) is 2.19. The van der Waals surface area contributed by atoms with E-state index in [-0.39, 0.29) is 0 Å². The van der Waals surface area contributed by atoms with E-state index in [4.69, 9.17) is 0 Å². The van der Waals surface area contributed by atoms with Gasteiger partial charge in [0, 0.05) is 0 Å². The Labute approximate surface area is 151 Å². The third kappa shape index (κ3) is 30.6. The van der Waals surface area contributed by atoms with Crippen molar-refractivity contribution in [2.45, 2.75) is 90.9 Å². The molecule has 142 valence electrons. The standard InChI is InChI=1S/C16H35N.CH5NO2S2/c1-3-5-7-9-11-13-15-17-16-14-12-10-8-6-4-2;1-6(3,4)2-5/h17H,3-16H2,1-2H3;2,5H,1H3. The lowest BCUT2D eigenvalue weighted by atomic mass is 10.1. The van der Waals surface area contributed by atoms with Gasteiger partial charge in [-0.25, -0.2) is 8.42 Å². The van der Waals surface area contributed by atoms with Crippen LogP contribution in [0, 0.1) is 0 Å². The van der Waals surface area contributed by atoms with E-state index in [0.29, 0.717) is 0 Å². The van der Waals surface area contributed by atoms with Crippen molar-refractivity contribution in [1.82, 2.24) is 9.44 Å². The summed E-state index contributed by atoms with van der Waals surface area (Å²) < 4.78 is 21.4. The lowest BCUT2D eigenvalue weighted by Crippen LogP contribution is -2.16. The number of unbranched alkanes of at least 4 members (excludes halogenated alkanes) is 10. The second kappa shape index (κ2) is 20.3. The van der Waals surface area contributed by atoms with E-state index < -0.39 is 10.0 Å². The van der Waals surface area contributed by atoms with E-state index in [0.717, 1.165) is 6.26 Å². The van der Waals surface area contributed by atoms with Gasteiger partial charge in [0.1, 0.15) is 0 Å². The van der Waals surface area contributed by atoms with Crippen LogP contribution in [0.25, 0.3) is 0 Å². The van der Waals surface area contributed by atoms with Crippen LogP contribution in [0.1, 0.15) is 90.9 Å². The van der Waals surface area contributed by atoms with Crippen LogP contribution >= 0.6 is 12.8 Å². The van der Waals surface area contributed by atoms with Gasteiger partial charge in [-0.1, -0.05) is 90.9 Å². The maximum Gasteiger partial charge on any atom is 0.217 e. The minimum atomic E-state index is -3.05. The van der Waals surface area contributed by atoms with Crippen LogP contribution < -0.4 is 9.44 Å². The molecule has 0 unspecified atom stereocenters. The minimum absolute atomic E-state index is 1.03. The van der Waals surface area contributed by atoms with Crippen molar-refractivity contribution >= 4 is 22.8 Å². The van der Waals surface area contributed by atoms with Crippen molar-refractivity contribution in [3.63, 3.8) is 0 Å². The molecule has 4 nitrogen and oxygen atoms in total. The van der Waals surface area contributed by atoms with Gasteiger partial charge in [0.2, 0.25) is 10.0 Å². The molecule has 0 heterocycles. The van der Waals surface area contributed by atoms with Gasteiger partial charge in [0.15, 0.2) is 0 Å². The molecule has 0 atom stereocenters. The Kier molecular flexibility index (Phi) is 22.4. The maximum absolute atomic E-state index is 9.81. The average molecular weight is 369 g/mol. The SMILES string of the molecule is CCCCCCCCNCCCCCCCC.CS(=O)(=O)NS. The zero-order valence-corrected chi connectivity index (χ0v) is 17.3. The Hall–Kier alpha value is 0.220. The summed E-state index contributed by atoms with van der Waals surface area (Å²) in [6.45, 7) is 7.03. The first-order valence-electron chi connectivity index (χ1n) is 9.29. The van der Waals surface area contributed by atoms with Crippen molar-refractivity contribution in [2.24, 2.45) is 0 Å². The lowest BCUT2D eigenvalue weighted by Gasteiger charge is -2.04. The van der Waals surface area contributed by atoms with E-state index in [2.05, 4.69) is 32.0 Å². The zero-order valence-electron chi connectivity index (χ0n) is 15.6. The highest BCUT2D eigenvalue weighted by Gasteiger charge is 1.92. The molecule has 2 N–H and O–H groups in total. The molecule has 0 aromatic carbocycles. The summed E-state index contributed by atoms with van der Waals surface area (Å²) in [4.78, 5) is 0. The van der Waals surface area contributed by atoms with E-state index in [9.17, 15) is 8.42 Å². The Morgan fingerprint density at radius 3 is 1.30 bits per heavy atom. The summed E-state index contributed by atoms with van der Waals surface area (Å²) in [5, 5.41) is 3.57. The average Bonchev–Trinajstić information content (AvgIpc) is 2.52. The quantitative estimate of drug-likeness (QED) is 0.291. The van der Waals surface area contributed by atoms with E-state index >= 15 is 0 Å². The summed E-state index contributed by atoms with van der Waals surface area (Å²) >= 11 is 3.26. The molecule has 0 aliphatic carbocycles. The molecular weight excluding hydrogens is 328 g/mol. The van der Waals surface area contributed by atoms with Crippen LogP contribution in [0.4, 0.5) is 0 Å². The van der Waals surface area contributed by atoms with Gasteiger partial charge in [-0.05, 0) is 25.9 Å².